The topological polar surface area (TPSA) is 24.5 Å². The molecule has 2 aliphatic rings. The van der Waals surface area contributed by atoms with E-state index >= 15 is 0 Å². The average Bonchev–Trinajstić information content (AvgIpc) is 2.64. The average molecular weight is 268 g/mol. The van der Waals surface area contributed by atoms with Crippen molar-refractivity contribution >= 4 is 0 Å². The van der Waals surface area contributed by atoms with E-state index in [0.717, 1.165) is 24.5 Å². The van der Waals surface area contributed by atoms with Gasteiger partial charge in [0.25, 0.3) is 0 Å². The molecule has 0 aromatic heterocycles. The summed E-state index contributed by atoms with van der Waals surface area (Å²) in [6, 6.07) is 0.741. The maximum Gasteiger partial charge on any atom is 0.0502 e. The lowest BCUT2D eigenvalue weighted by Crippen LogP contribution is -2.44. The minimum absolute atomic E-state index is 0.741. The molecule has 1 saturated carbocycles. The summed E-state index contributed by atoms with van der Waals surface area (Å²) in [6.07, 6.45) is 9.76. The van der Waals surface area contributed by atoms with Crippen molar-refractivity contribution in [3.63, 3.8) is 0 Å². The second-order valence-corrected chi connectivity index (χ2v) is 6.52. The molecule has 2 fully saturated rings. The number of methoxy groups -OCH3 is 1. The van der Waals surface area contributed by atoms with Crippen molar-refractivity contribution in [2.45, 2.75) is 51.0 Å². The summed E-state index contributed by atoms with van der Waals surface area (Å²) in [6.45, 7) is 4.79. The van der Waals surface area contributed by atoms with Crippen LogP contribution in [0.2, 0.25) is 0 Å². The van der Waals surface area contributed by atoms with Crippen LogP contribution in [0, 0.1) is 11.8 Å². The van der Waals surface area contributed by atoms with Crippen molar-refractivity contribution in [2.24, 2.45) is 11.8 Å². The van der Waals surface area contributed by atoms with Gasteiger partial charge in [0.15, 0.2) is 0 Å². The Labute approximate surface area is 119 Å². The van der Waals surface area contributed by atoms with E-state index in [9.17, 15) is 0 Å². The van der Waals surface area contributed by atoms with Crippen LogP contribution in [0.15, 0.2) is 0 Å². The smallest absolute Gasteiger partial charge is 0.0502 e. The van der Waals surface area contributed by atoms with Gasteiger partial charge in [-0.25, -0.2) is 0 Å². The Morgan fingerprint density at radius 1 is 1.11 bits per heavy atom. The maximum absolute atomic E-state index is 5.34. The fourth-order valence-electron chi connectivity index (χ4n) is 4.00. The summed E-state index contributed by atoms with van der Waals surface area (Å²) < 4.78 is 5.34. The third-order valence-electron chi connectivity index (χ3n) is 5.03. The van der Waals surface area contributed by atoms with Gasteiger partial charge in [0.2, 0.25) is 0 Å². The Morgan fingerprint density at radius 3 is 2.74 bits per heavy atom. The number of rotatable bonds is 5. The number of likely N-dealkylation sites (tertiary alicyclic amines) is 1. The zero-order valence-corrected chi connectivity index (χ0v) is 12.9. The Hall–Kier alpha value is -0.120. The second-order valence-electron chi connectivity index (χ2n) is 6.52. The van der Waals surface area contributed by atoms with Crippen molar-refractivity contribution in [1.29, 1.82) is 0 Å². The summed E-state index contributed by atoms with van der Waals surface area (Å²) in [7, 11) is 3.98. The van der Waals surface area contributed by atoms with Crippen LogP contribution < -0.4 is 5.32 Å². The van der Waals surface area contributed by atoms with Gasteiger partial charge in [0.1, 0.15) is 0 Å². The van der Waals surface area contributed by atoms with Gasteiger partial charge >= 0.3 is 0 Å². The predicted molar refractivity (Wildman–Crippen MR) is 80.5 cm³/mol. The lowest BCUT2D eigenvalue weighted by molar-refractivity contribution is 0.0778. The Balaban J connectivity index is 1.83. The van der Waals surface area contributed by atoms with E-state index in [1.54, 1.807) is 0 Å². The first-order chi connectivity index (χ1) is 9.33. The Kier molecular flexibility index (Phi) is 6.62. The molecule has 0 amide bonds. The van der Waals surface area contributed by atoms with E-state index in [2.05, 4.69) is 17.3 Å². The van der Waals surface area contributed by atoms with Gasteiger partial charge < -0.3 is 15.0 Å². The van der Waals surface area contributed by atoms with Gasteiger partial charge in [-0.3, -0.25) is 0 Å². The molecule has 1 aliphatic carbocycles. The van der Waals surface area contributed by atoms with Crippen molar-refractivity contribution in [3.8, 4) is 0 Å². The second kappa shape index (κ2) is 8.23. The molecule has 3 nitrogen and oxygen atoms in total. The summed E-state index contributed by atoms with van der Waals surface area (Å²) >= 11 is 0. The minimum atomic E-state index is 0.741. The standard InChI is InChI=1S/C16H32N2O/c1-17-16-9-5-3-4-8-15(16)12-18-10-6-7-14(11-18)13-19-2/h14-17H,3-13H2,1-2H3. The van der Waals surface area contributed by atoms with Gasteiger partial charge in [0, 0.05) is 26.2 Å². The fourth-order valence-corrected chi connectivity index (χ4v) is 4.00. The molecule has 0 aromatic rings. The van der Waals surface area contributed by atoms with Crippen molar-refractivity contribution < 1.29 is 4.74 Å². The first kappa shape index (κ1) is 15.3. The number of hydrogen-bond donors (Lipinski definition) is 1. The maximum atomic E-state index is 5.34. The summed E-state index contributed by atoms with van der Waals surface area (Å²) in [5.74, 6) is 1.62. The van der Waals surface area contributed by atoms with E-state index in [1.165, 1.54) is 64.6 Å². The summed E-state index contributed by atoms with van der Waals surface area (Å²) in [4.78, 5) is 2.70. The Morgan fingerprint density at radius 2 is 1.95 bits per heavy atom. The van der Waals surface area contributed by atoms with Crippen molar-refractivity contribution in [2.75, 3.05) is 40.4 Å². The Bertz CT molecular complexity index is 245. The zero-order chi connectivity index (χ0) is 13.5. The van der Waals surface area contributed by atoms with Gasteiger partial charge in [-0.1, -0.05) is 19.3 Å². The number of piperidine rings is 1. The predicted octanol–water partition coefficient (Wildman–Crippen LogP) is 2.51. The quantitative estimate of drug-likeness (QED) is 0.775. The summed E-state index contributed by atoms with van der Waals surface area (Å²) in [5, 5.41) is 3.57. The molecule has 0 spiro atoms. The summed E-state index contributed by atoms with van der Waals surface area (Å²) in [5.41, 5.74) is 0. The van der Waals surface area contributed by atoms with E-state index in [0.29, 0.717) is 0 Å². The monoisotopic (exact) mass is 268 g/mol. The van der Waals surface area contributed by atoms with Crippen LogP contribution in [0.3, 0.4) is 0 Å². The molecule has 0 radical (unpaired) electrons. The molecule has 0 bridgehead atoms. The third kappa shape index (κ3) is 4.73. The number of nitrogens with one attached hydrogen (secondary N) is 1. The highest BCUT2D eigenvalue weighted by Crippen LogP contribution is 2.26. The molecule has 1 heterocycles. The molecular formula is C16H32N2O. The normalized spacial score (nSPS) is 34.1. The van der Waals surface area contributed by atoms with Crippen LogP contribution in [0.4, 0.5) is 0 Å². The van der Waals surface area contributed by atoms with Crippen LogP contribution in [-0.4, -0.2) is 51.3 Å². The number of ether oxygens (including phenoxy) is 1. The van der Waals surface area contributed by atoms with Crippen LogP contribution in [0.1, 0.15) is 44.9 Å². The molecule has 0 aromatic carbocycles. The lowest BCUT2D eigenvalue weighted by Gasteiger charge is -2.36. The molecule has 1 saturated heterocycles. The molecule has 2 rings (SSSR count). The van der Waals surface area contributed by atoms with E-state index in [-0.39, 0.29) is 0 Å². The first-order valence-corrected chi connectivity index (χ1v) is 8.22. The van der Waals surface area contributed by atoms with Gasteiger partial charge in [-0.15, -0.1) is 0 Å². The fraction of sp³-hybridized carbons (Fsp3) is 1.00. The van der Waals surface area contributed by atoms with Gasteiger partial charge in [-0.2, -0.15) is 0 Å². The third-order valence-corrected chi connectivity index (χ3v) is 5.03. The molecule has 3 heteroatoms. The van der Waals surface area contributed by atoms with Gasteiger partial charge in [-0.05, 0) is 51.1 Å². The zero-order valence-electron chi connectivity index (χ0n) is 12.9. The van der Waals surface area contributed by atoms with Crippen LogP contribution in [-0.2, 0) is 4.74 Å². The molecule has 19 heavy (non-hydrogen) atoms. The van der Waals surface area contributed by atoms with Crippen molar-refractivity contribution in [1.82, 2.24) is 10.2 Å². The molecule has 3 atom stereocenters. The van der Waals surface area contributed by atoms with Crippen LogP contribution in [0.5, 0.6) is 0 Å². The van der Waals surface area contributed by atoms with E-state index in [1.807, 2.05) is 7.11 Å². The highest BCUT2D eigenvalue weighted by molar-refractivity contribution is 4.83. The van der Waals surface area contributed by atoms with Crippen molar-refractivity contribution in [3.05, 3.63) is 0 Å². The minimum Gasteiger partial charge on any atom is -0.384 e. The first-order valence-electron chi connectivity index (χ1n) is 8.22. The molecule has 112 valence electrons. The lowest BCUT2D eigenvalue weighted by atomic mass is 9.92. The van der Waals surface area contributed by atoms with Crippen LogP contribution >= 0.6 is 0 Å². The number of nitrogens with zero attached hydrogens (tertiary/aromatic N) is 1. The SMILES string of the molecule is CNC1CCCCCC1CN1CCCC(COC)C1. The highest BCUT2D eigenvalue weighted by atomic mass is 16.5. The molecule has 3 unspecified atom stereocenters. The largest absolute Gasteiger partial charge is 0.384 e. The molecular weight excluding hydrogens is 236 g/mol. The van der Waals surface area contributed by atoms with Crippen LogP contribution in [0.25, 0.3) is 0 Å². The van der Waals surface area contributed by atoms with E-state index in [4.69, 9.17) is 4.74 Å². The van der Waals surface area contributed by atoms with E-state index < -0.39 is 0 Å². The number of hydrogen-bond acceptors (Lipinski definition) is 3. The molecule has 1 N–H and O–H groups in total. The van der Waals surface area contributed by atoms with Gasteiger partial charge in [0.05, 0.1) is 6.61 Å². The highest BCUT2D eigenvalue weighted by Gasteiger charge is 2.27. The molecule has 1 aliphatic heterocycles.